The van der Waals surface area contributed by atoms with E-state index in [0.717, 1.165) is 11.1 Å². The summed E-state index contributed by atoms with van der Waals surface area (Å²) in [5, 5.41) is 26.4. The monoisotopic (exact) mass is 232 g/mol. The molecule has 2 aromatic carbocycles. The first kappa shape index (κ1) is 12.9. The van der Waals surface area contributed by atoms with Crippen molar-refractivity contribution >= 4 is 0 Å². The summed E-state index contributed by atoms with van der Waals surface area (Å²) in [4.78, 5) is 0. The van der Waals surface area contributed by atoms with Gasteiger partial charge in [0.05, 0.1) is 0 Å². The van der Waals surface area contributed by atoms with Gasteiger partial charge in [-0.2, -0.15) is 0 Å². The average Bonchev–Trinajstić information content (AvgIpc) is 2.31. The normalized spacial score (nSPS) is 9.29. The van der Waals surface area contributed by atoms with Crippen molar-refractivity contribution in [1.82, 2.24) is 0 Å². The van der Waals surface area contributed by atoms with Crippen LogP contribution in [0.3, 0.4) is 0 Å². The number of para-hydroxylation sites is 2. The van der Waals surface area contributed by atoms with E-state index < -0.39 is 0 Å². The molecule has 0 heterocycles. The predicted octanol–water partition coefficient (Wildman–Crippen LogP) is 3.11. The molecule has 0 unspecified atom stereocenters. The van der Waals surface area contributed by atoms with Crippen LogP contribution in [0.5, 0.6) is 17.2 Å². The summed E-state index contributed by atoms with van der Waals surface area (Å²) >= 11 is 0. The molecule has 0 aliphatic heterocycles. The van der Waals surface area contributed by atoms with Gasteiger partial charge in [-0.05, 0) is 43.2 Å². The minimum Gasteiger partial charge on any atom is -0.508 e. The van der Waals surface area contributed by atoms with Gasteiger partial charge in [0.2, 0.25) is 0 Å². The maximum Gasteiger partial charge on any atom is 0.157 e. The molecule has 0 aliphatic carbocycles. The van der Waals surface area contributed by atoms with Gasteiger partial charge in [0.15, 0.2) is 11.5 Å². The molecule has 90 valence electrons. The smallest absolute Gasteiger partial charge is 0.157 e. The molecule has 3 N–H and O–H groups in total. The summed E-state index contributed by atoms with van der Waals surface area (Å²) in [6.07, 6.45) is 0. The van der Waals surface area contributed by atoms with Crippen LogP contribution in [0.15, 0.2) is 42.5 Å². The Hall–Kier alpha value is -2.16. The lowest BCUT2D eigenvalue weighted by atomic mass is 10.1. The van der Waals surface area contributed by atoms with Gasteiger partial charge in [0, 0.05) is 0 Å². The molecule has 0 aromatic heterocycles. The van der Waals surface area contributed by atoms with E-state index in [2.05, 4.69) is 0 Å². The Morgan fingerprint density at radius 3 is 1.47 bits per heavy atom. The number of hydrogen-bond donors (Lipinski definition) is 3. The van der Waals surface area contributed by atoms with Crippen molar-refractivity contribution in [2.45, 2.75) is 13.8 Å². The third kappa shape index (κ3) is 3.72. The molecule has 0 saturated heterocycles. The molecule has 17 heavy (non-hydrogen) atoms. The van der Waals surface area contributed by atoms with Gasteiger partial charge in [0.25, 0.3) is 0 Å². The van der Waals surface area contributed by atoms with Crippen molar-refractivity contribution < 1.29 is 15.3 Å². The van der Waals surface area contributed by atoms with Gasteiger partial charge in [-0.3, -0.25) is 0 Å². The van der Waals surface area contributed by atoms with E-state index in [9.17, 15) is 0 Å². The number of aryl methyl sites for hydroxylation is 1. The Morgan fingerprint density at radius 2 is 1.12 bits per heavy atom. The highest BCUT2D eigenvalue weighted by Gasteiger charge is 1.94. The molecule has 0 aliphatic rings. The van der Waals surface area contributed by atoms with E-state index in [1.807, 2.05) is 26.0 Å². The Balaban J connectivity index is 0.000000171. The molecule has 3 nitrogen and oxygen atoms in total. The Labute approximate surface area is 101 Å². The molecule has 0 fully saturated rings. The molecule has 0 bridgehead atoms. The Morgan fingerprint density at radius 1 is 0.647 bits per heavy atom. The average molecular weight is 232 g/mol. The van der Waals surface area contributed by atoms with E-state index in [1.165, 1.54) is 12.1 Å². The van der Waals surface area contributed by atoms with Gasteiger partial charge < -0.3 is 15.3 Å². The highest BCUT2D eigenvalue weighted by molar-refractivity contribution is 5.37. The van der Waals surface area contributed by atoms with Crippen LogP contribution in [0.4, 0.5) is 0 Å². The number of rotatable bonds is 0. The number of aromatic hydroxyl groups is 3. The summed E-state index contributed by atoms with van der Waals surface area (Å²) in [5.41, 5.74) is 2.10. The second-order valence-corrected chi connectivity index (χ2v) is 3.71. The summed E-state index contributed by atoms with van der Waals surface area (Å²) in [7, 11) is 0. The first-order chi connectivity index (χ1) is 8.02. The lowest BCUT2D eigenvalue weighted by molar-refractivity contribution is 0.404. The number of hydrogen-bond acceptors (Lipinski definition) is 3. The van der Waals surface area contributed by atoms with E-state index in [4.69, 9.17) is 15.3 Å². The van der Waals surface area contributed by atoms with Crippen LogP contribution in [0, 0.1) is 13.8 Å². The molecule has 3 heteroatoms. The molecule has 0 atom stereocenters. The topological polar surface area (TPSA) is 60.7 Å². The summed E-state index contributed by atoms with van der Waals surface area (Å²) in [5.74, 6) is 0.231. The molecular weight excluding hydrogens is 216 g/mol. The third-order valence-electron chi connectivity index (χ3n) is 2.46. The van der Waals surface area contributed by atoms with Crippen molar-refractivity contribution in [1.29, 1.82) is 0 Å². The van der Waals surface area contributed by atoms with Gasteiger partial charge in [-0.25, -0.2) is 0 Å². The van der Waals surface area contributed by atoms with E-state index in [1.54, 1.807) is 18.2 Å². The van der Waals surface area contributed by atoms with Crippen molar-refractivity contribution in [3.05, 3.63) is 53.6 Å². The molecule has 2 rings (SSSR count). The van der Waals surface area contributed by atoms with Crippen molar-refractivity contribution in [2.24, 2.45) is 0 Å². The predicted molar refractivity (Wildman–Crippen MR) is 67.4 cm³/mol. The van der Waals surface area contributed by atoms with E-state index in [0.29, 0.717) is 5.75 Å². The number of benzene rings is 2. The van der Waals surface area contributed by atoms with Crippen LogP contribution in [0.2, 0.25) is 0 Å². The largest absolute Gasteiger partial charge is 0.508 e. The first-order valence-corrected chi connectivity index (χ1v) is 5.24. The highest BCUT2D eigenvalue weighted by Crippen LogP contribution is 2.21. The van der Waals surface area contributed by atoms with Crippen LogP contribution < -0.4 is 0 Å². The zero-order valence-electron chi connectivity index (χ0n) is 9.88. The number of phenolic OH excluding ortho intramolecular Hbond substituents is 3. The van der Waals surface area contributed by atoms with Crippen molar-refractivity contribution in [3.8, 4) is 17.2 Å². The molecule has 0 amide bonds. The Kier molecular flexibility index (Phi) is 4.40. The first-order valence-electron chi connectivity index (χ1n) is 5.24. The maximum absolute atomic E-state index is 9.10. The fourth-order valence-corrected chi connectivity index (χ4v) is 1.20. The molecular formula is C14H16O3. The minimum absolute atomic E-state index is 0.0764. The zero-order chi connectivity index (χ0) is 12.8. The molecule has 2 aromatic rings. The molecule has 0 spiro atoms. The van der Waals surface area contributed by atoms with Gasteiger partial charge >= 0.3 is 0 Å². The van der Waals surface area contributed by atoms with E-state index in [-0.39, 0.29) is 11.5 Å². The zero-order valence-corrected chi connectivity index (χ0v) is 9.88. The highest BCUT2D eigenvalue weighted by atomic mass is 16.3. The van der Waals surface area contributed by atoms with Gasteiger partial charge in [0.1, 0.15) is 5.75 Å². The fourth-order valence-electron chi connectivity index (χ4n) is 1.20. The lowest BCUT2D eigenvalue weighted by Gasteiger charge is -1.99. The summed E-state index contributed by atoms with van der Waals surface area (Å²) in [6.45, 7) is 3.89. The minimum atomic E-state index is -0.0764. The third-order valence-corrected chi connectivity index (χ3v) is 2.46. The van der Waals surface area contributed by atoms with Crippen molar-refractivity contribution in [3.63, 3.8) is 0 Å². The second-order valence-electron chi connectivity index (χ2n) is 3.71. The summed E-state index contributed by atoms with van der Waals surface area (Å²) < 4.78 is 0. The Bertz CT molecular complexity index is 451. The fraction of sp³-hybridized carbons (Fsp3) is 0.143. The molecule has 0 saturated carbocycles. The molecule has 0 radical (unpaired) electrons. The summed E-state index contributed by atoms with van der Waals surface area (Å²) in [6, 6.07) is 11.7. The second kappa shape index (κ2) is 5.80. The van der Waals surface area contributed by atoms with Crippen LogP contribution >= 0.6 is 0 Å². The van der Waals surface area contributed by atoms with Crippen molar-refractivity contribution in [2.75, 3.05) is 0 Å². The van der Waals surface area contributed by atoms with Gasteiger partial charge in [-0.1, -0.05) is 24.3 Å². The van der Waals surface area contributed by atoms with Crippen LogP contribution in [0.1, 0.15) is 11.1 Å². The SMILES string of the molecule is Cc1cccc(O)c1C.Oc1ccccc1O. The lowest BCUT2D eigenvalue weighted by Crippen LogP contribution is -1.78. The van der Waals surface area contributed by atoms with Gasteiger partial charge in [-0.15, -0.1) is 0 Å². The number of phenols is 3. The van der Waals surface area contributed by atoms with E-state index >= 15 is 0 Å². The van der Waals surface area contributed by atoms with Crippen LogP contribution in [-0.2, 0) is 0 Å². The van der Waals surface area contributed by atoms with Crippen LogP contribution in [-0.4, -0.2) is 15.3 Å². The standard InChI is InChI=1S/C8H10O.C6H6O2/c1-6-4-3-5-8(9)7(6)2;7-5-3-1-2-4-6(5)8/h3-5,9H,1-2H3;1-4,7-8H. The quantitative estimate of drug-likeness (QED) is 0.612. The van der Waals surface area contributed by atoms with Crippen LogP contribution in [0.25, 0.3) is 0 Å². The maximum atomic E-state index is 9.10.